The second kappa shape index (κ2) is 3.09. The number of nitrogens with zero attached hydrogens (tertiary/aromatic N) is 1. The Morgan fingerprint density at radius 2 is 2.27 bits per heavy atom. The normalized spacial score (nSPS) is 13.2. The summed E-state index contributed by atoms with van der Waals surface area (Å²) in [6.07, 6.45) is 4.98. The van der Waals surface area contributed by atoms with E-state index in [0.29, 0.717) is 0 Å². The van der Waals surface area contributed by atoms with Gasteiger partial charge in [-0.1, -0.05) is 0 Å². The lowest BCUT2D eigenvalue weighted by molar-refractivity contribution is 1.09. The quantitative estimate of drug-likeness (QED) is 0.642. The number of anilines is 1. The molecule has 2 nitrogen and oxygen atoms in total. The number of rotatable bonds is 0. The van der Waals surface area contributed by atoms with E-state index in [2.05, 4.69) is 17.2 Å². The standard InChI is InChI=1S/C8H10N2.ClH/c1-6-4-9-5-7-2-3-10-8(6)7;/h4-5,10H,2-3H2,1H3;1H. The van der Waals surface area contributed by atoms with Gasteiger partial charge < -0.3 is 5.32 Å². The molecule has 11 heavy (non-hydrogen) atoms. The lowest BCUT2D eigenvalue weighted by Crippen LogP contribution is -1.92. The molecule has 0 unspecified atom stereocenters. The lowest BCUT2D eigenvalue weighted by atomic mass is 10.2. The van der Waals surface area contributed by atoms with Crippen molar-refractivity contribution in [3.63, 3.8) is 0 Å². The van der Waals surface area contributed by atoms with Crippen LogP contribution in [-0.2, 0) is 6.42 Å². The van der Waals surface area contributed by atoms with Crippen LogP contribution in [0.3, 0.4) is 0 Å². The Hall–Kier alpha value is -0.760. The molecule has 0 saturated heterocycles. The van der Waals surface area contributed by atoms with Gasteiger partial charge in [0.1, 0.15) is 0 Å². The second-order valence-electron chi connectivity index (χ2n) is 2.67. The first-order chi connectivity index (χ1) is 4.88. The van der Waals surface area contributed by atoms with Crippen molar-refractivity contribution >= 4 is 18.1 Å². The minimum absolute atomic E-state index is 0. The number of nitrogens with one attached hydrogen (secondary N) is 1. The Morgan fingerprint density at radius 1 is 1.45 bits per heavy atom. The zero-order valence-corrected chi connectivity index (χ0v) is 7.24. The number of fused-ring (bicyclic) bond motifs is 1. The molecule has 1 aromatic heterocycles. The van der Waals surface area contributed by atoms with Crippen LogP contribution in [0.2, 0.25) is 0 Å². The molecule has 60 valence electrons. The number of hydrogen-bond acceptors (Lipinski definition) is 2. The predicted octanol–water partition coefficient (Wildman–Crippen LogP) is 1.78. The molecule has 0 atom stereocenters. The number of hydrogen-bond donors (Lipinski definition) is 1. The zero-order valence-electron chi connectivity index (χ0n) is 6.42. The summed E-state index contributed by atoms with van der Waals surface area (Å²) >= 11 is 0. The van der Waals surface area contributed by atoms with Crippen molar-refractivity contribution in [1.82, 2.24) is 4.98 Å². The van der Waals surface area contributed by atoms with Gasteiger partial charge in [-0.2, -0.15) is 0 Å². The van der Waals surface area contributed by atoms with E-state index in [4.69, 9.17) is 0 Å². The van der Waals surface area contributed by atoms with Crippen LogP contribution in [0.4, 0.5) is 5.69 Å². The fourth-order valence-corrected chi connectivity index (χ4v) is 1.39. The number of aromatic nitrogens is 1. The summed E-state index contributed by atoms with van der Waals surface area (Å²) in [6, 6.07) is 0. The summed E-state index contributed by atoms with van der Waals surface area (Å²) in [6.45, 7) is 3.16. The first-order valence-corrected chi connectivity index (χ1v) is 3.55. The summed E-state index contributed by atoms with van der Waals surface area (Å²) in [5.41, 5.74) is 3.92. The van der Waals surface area contributed by atoms with Crippen LogP contribution in [0.1, 0.15) is 11.1 Å². The zero-order chi connectivity index (χ0) is 6.97. The molecule has 0 radical (unpaired) electrons. The molecule has 1 aliphatic rings. The molecule has 3 heteroatoms. The van der Waals surface area contributed by atoms with Gasteiger partial charge in [0.2, 0.25) is 0 Å². The minimum atomic E-state index is 0. The topological polar surface area (TPSA) is 24.9 Å². The van der Waals surface area contributed by atoms with E-state index in [1.54, 1.807) is 0 Å². The van der Waals surface area contributed by atoms with Gasteiger partial charge >= 0.3 is 0 Å². The van der Waals surface area contributed by atoms with Crippen LogP contribution in [0, 0.1) is 6.92 Å². The predicted molar refractivity (Wildman–Crippen MR) is 48.4 cm³/mol. The van der Waals surface area contributed by atoms with Gasteiger partial charge in [-0.15, -0.1) is 12.4 Å². The lowest BCUT2D eigenvalue weighted by Gasteiger charge is -2.00. The van der Waals surface area contributed by atoms with E-state index in [9.17, 15) is 0 Å². The van der Waals surface area contributed by atoms with E-state index in [-0.39, 0.29) is 12.4 Å². The molecule has 0 saturated carbocycles. The molecule has 0 fully saturated rings. The van der Waals surface area contributed by atoms with Crippen molar-refractivity contribution in [1.29, 1.82) is 0 Å². The van der Waals surface area contributed by atoms with E-state index in [1.807, 2.05) is 12.4 Å². The highest BCUT2D eigenvalue weighted by Crippen LogP contribution is 2.23. The minimum Gasteiger partial charge on any atom is -0.384 e. The summed E-state index contributed by atoms with van der Waals surface area (Å²) in [5, 5.41) is 3.33. The SMILES string of the molecule is Cc1cncc2c1NCC2.Cl. The molecule has 2 rings (SSSR count). The monoisotopic (exact) mass is 170 g/mol. The van der Waals surface area contributed by atoms with Crippen molar-refractivity contribution in [3.05, 3.63) is 23.5 Å². The van der Waals surface area contributed by atoms with Crippen LogP contribution in [-0.4, -0.2) is 11.5 Å². The average Bonchev–Trinajstić information content (AvgIpc) is 2.36. The summed E-state index contributed by atoms with van der Waals surface area (Å²) in [5.74, 6) is 0. The van der Waals surface area contributed by atoms with Gasteiger partial charge in [-0.3, -0.25) is 4.98 Å². The third-order valence-corrected chi connectivity index (χ3v) is 1.91. The van der Waals surface area contributed by atoms with Crippen LogP contribution in [0.15, 0.2) is 12.4 Å². The maximum absolute atomic E-state index is 4.12. The van der Waals surface area contributed by atoms with Crippen molar-refractivity contribution in [2.24, 2.45) is 0 Å². The molecular weight excluding hydrogens is 160 g/mol. The first kappa shape index (κ1) is 8.34. The van der Waals surface area contributed by atoms with Gasteiger partial charge in [0.25, 0.3) is 0 Å². The number of pyridine rings is 1. The Kier molecular flexibility index (Phi) is 2.35. The molecule has 2 heterocycles. The summed E-state index contributed by atoms with van der Waals surface area (Å²) < 4.78 is 0. The smallest absolute Gasteiger partial charge is 0.0434 e. The second-order valence-corrected chi connectivity index (χ2v) is 2.67. The molecule has 0 amide bonds. The van der Waals surface area contributed by atoms with E-state index in [0.717, 1.165) is 13.0 Å². The molecule has 1 N–H and O–H groups in total. The van der Waals surface area contributed by atoms with Gasteiger partial charge in [0.05, 0.1) is 0 Å². The molecule has 0 aromatic carbocycles. The molecular formula is C8H11ClN2. The van der Waals surface area contributed by atoms with Gasteiger partial charge in [0.15, 0.2) is 0 Å². The first-order valence-electron chi connectivity index (χ1n) is 3.55. The Labute approximate surface area is 72.4 Å². The summed E-state index contributed by atoms with van der Waals surface area (Å²) in [4.78, 5) is 4.12. The van der Waals surface area contributed by atoms with Crippen molar-refractivity contribution in [3.8, 4) is 0 Å². The molecule has 1 aliphatic heterocycles. The van der Waals surface area contributed by atoms with Crippen molar-refractivity contribution < 1.29 is 0 Å². The highest BCUT2D eigenvalue weighted by atomic mass is 35.5. The highest BCUT2D eigenvalue weighted by molar-refractivity contribution is 5.85. The summed E-state index contributed by atoms with van der Waals surface area (Å²) in [7, 11) is 0. The highest BCUT2D eigenvalue weighted by Gasteiger charge is 2.10. The van der Waals surface area contributed by atoms with Crippen molar-refractivity contribution in [2.45, 2.75) is 13.3 Å². The Bertz CT molecular complexity index is 260. The molecule has 0 spiro atoms. The van der Waals surface area contributed by atoms with E-state index < -0.39 is 0 Å². The van der Waals surface area contributed by atoms with Crippen LogP contribution in [0.25, 0.3) is 0 Å². The fourth-order valence-electron chi connectivity index (χ4n) is 1.39. The average molecular weight is 171 g/mol. The molecule has 0 bridgehead atoms. The van der Waals surface area contributed by atoms with Crippen LogP contribution < -0.4 is 5.32 Å². The number of aryl methyl sites for hydroxylation is 1. The molecule has 0 aliphatic carbocycles. The largest absolute Gasteiger partial charge is 0.384 e. The Morgan fingerprint density at radius 3 is 3.00 bits per heavy atom. The number of halogens is 1. The Balaban J connectivity index is 0.000000605. The third-order valence-electron chi connectivity index (χ3n) is 1.91. The van der Waals surface area contributed by atoms with Crippen molar-refractivity contribution in [2.75, 3.05) is 11.9 Å². The van der Waals surface area contributed by atoms with Crippen LogP contribution in [0.5, 0.6) is 0 Å². The molecule has 1 aromatic rings. The van der Waals surface area contributed by atoms with E-state index in [1.165, 1.54) is 16.8 Å². The maximum Gasteiger partial charge on any atom is 0.0434 e. The van der Waals surface area contributed by atoms with Gasteiger partial charge in [-0.05, 0) is 24.5 Å². The maximum atomic E-state index is 4.12. The van der Waals surface area contributed by atoms with Crippen LogP contribution >= 0.6 is 12.4 Å². The van der Waals surface area contributed by atoms with E-state index >= 15 is 0 Å². The third kappa shape index (κ3) is 1.31. The van der Waals surface area contributed by atoms with Gasteiger partial charge in [-0.25, -0.2) is 0 Å². The van der Waals surface area contributed by atoms with Gasteiger partial charge in [0, 0.05) is 24.6 Å². The fraction of sp³-hybridized carbons (Fsp3) is 0.375.